The number of fused-ring (bicyclic) bond motifs is 2. The molecular formula is C28H36N2O2S. The number of hydrogen-bond acceptors (Lipinski definition) is 4. The van der Waals surface area contributed by atoms with Gasteiger partial charge in [0.1, 0.15) is 6.10 Å². The lowest BCUT2D eigenvalue weighted by atomic mass is 9.97. The highest BCUT2D eigenvalue weighted by Gasteiger charge is 2.42. The summed E-state index contributed by atoms with van der Waals surface area (Å²) in [6.45, 7) is 6.07. The third-order valence-electron chi connectivity index (χ3n) is 7.60. The first-order valence-electron chi connectivity index (χ1n) is 12.5. The number of rotatable bonds is 8. The van der Waals surface area contributed by atoms with Crippen molar-refractivity contribution in [3.05, 3.63) is 71.8 Å². The minimum absolute atomic E-state index is 0.00890. The standard InChI is InChI=1S/C28H36N2O2S/c1-28(2)27(31)29(20-33-28)16-9-17-30-23-14-15-24(30)19-25(18-23)32-26(21-10-5-3-6-11-21)22-12-7-4-8-13-22/h3-8,10-13,23-26H,9,14-20H2,1-2H3. The molecule has 3 aliphatic heterocycles. The number of nitrogens with zero attached hydrogens (tertiary/aromatic N) is 2. The maximum atomic E-state index is 12.5. The molecule has 1 amide bonds. The first-order chi connectivity index (χ1) is 16.0. The summed E-state index contributed by atoms with van der Waals surface area (Å²) in [5.74, 6) is 1.14. The first-order valence-corrected chi connectivity index (χ1v) is 13.4. The second kappa shape index (κ2) is 9.81. The molecule has 3 saturated heterocycles. The molecule has 3 aliphatic rings. The summed E-state index contributed by atoms with van der Waals surface area (Å²) >= 11 is 1.76. The molecule has 4 nitrogen and oxygen atoms in total. The molecule has 5 rings (SSSR count). The van der Waals surface area contributed by atoms with Crippen LogP contribution in [-0.2, 0) is 9.53 Å². The third-order valence-corrected chi connectivity index (χ3v) is 8.94. The van der Waals surface area contributed by atoms with Crippen LogP contribution in [0.4, 0.5) is 0 Å². The average Bonchev–Trinajstić information content (AvgIpc) is 3.23. The van der Waals surface area contributed by atoms with E-state index >= 15 is 0 Å². The van der Waals surface area contributed by atoms with Crippen LogP contribution < -0.4 is 0 Å². The lowest BCUT2D eigenvalue weighted by molar-refractivity contribution is -0.130. The zero-order valence-corrected chi connectivity index (χ0v) is 20.7. The Hall–Kier alpha value is -1.82. The number of hydrogen-bond donors (Lipinski definition) is 0. The van der Waals surface area contributed by atoms with Gasteiger partial charge in [0.15, 0.2) is 0 Å². The van der Waals surface area contributed by atoms with Gasteiger partial charge >= 0.3 is 0 Å². The summed E-state index contributed by atoms with van der Waals surface area (Å²) in [5, 5.41) is 0. The fourth-order valence-corrected chi connectivity index (χ4v) is 6.83. The molecule has 0 aromatic heterocycles. The van der Waals surface area contributed by atoms with Crippen LogP contribution in [0.15, 0.2) is 60.7 Å². The van der Waals surface area contributed by atoms with Gasteiger partial charge in [-0.2, -0.15) is 0 Å². The Morgan fingerprint density at radius 3 is 2.03 bits per heavy atom. The number of ether oxygens (including phenoxy) is 1. The SMILES string of the molecule is CC1(C)SCN(CCCN2C3CCC2CC(OC(c2ccccc2)c2ccccc2)C3)C1=O. The summed E-state index contributed by atoms with van der Waals surface area (Å²) in [6.07, 6.45) is 6.12. The van der Waals surface area contributed by atoms with Crippen molar-refractivity contribution in [3.63, 3.8) is 0 Å². The van der Waals surface area contributed by atoms with E-state index in [0.29, 0.717) is 24.1 Å². The van der Waals surface area contributed by atoms with Gasteiger partial charge in [-0.3, -0.25) is 9.69 Å². The fourth-order valence-electron chi connectivity index (χ4n) is 5.85. The molecule has 0 radical (unpaired) electrons. The normalized spacial score (nSPS) is 26.9. The van der Waals surface area contributed by atoms with Crippen LogP contribution in [0.25, 0.3) is 0 Å². The van der Waals surface area contributed by atoms with Crippen LogP contribution in [0.2, 0.25) is 0 Å². The Morgan fingerprint density at radius 2 is 1.52 bits per heavy atom. The number of carbonyl (C=O) groups is 1. The Morgan fingerprint density at radius 1 is 0.939 bits per heavy atom. The lowest BCUT2D eigenvalue weighted by Crippen LogP contribution is -2.46. The highest BCUT2D eigenvalue weighted by molar-refractivity contribution is 8.01. The number of thioether (sulfide) groups is 1. The van der Waals surface area contributed by atoms with Crippen molar-refractivity contribution >= 4 is 17.7 Å². The predicted molar refractivity (Wildman–Crippen MR) is 135 cm³/mol. The summed E-state index contributed by atoms with van der Waals surface area (Å²) in [4.78, 5) is 17.3. The highest BCUT2D eigenvalue weighted by atomic mass is 32.2. The molecule has 33 heavy (non-hydrogen) atoms. The van der Waals surface area contributed by atoms with E-state index < -0.39 is 0 Å². The molecule has 5 heteroatoms. The molecule has 0 aliphatic carbocycles. The Labute approximate surface area is 202 Å². The molecular weight excluding hydrogens is 428 g/mol. The fraction of sp³-hybridized carbons (Fsp3) is 0.536. The topological polar surface area (TPSA) is 32.8 Å². The molecule has 176 valence electrons. The molecule has 0 N–H and O–H groups in total. The van der Waals surface area contributed by atoms with Crippen LogP contribution in [0, 0.1) is 0 Å². The smallest absolute Gasteiger partial charge is 0.238 e. The lowest BCUT2D eigenvalue weighted by Gasteiger charge is -2.40. The zero-order valence-electron chi connectivity index (χ0n) is 19.9. The van der Waals surface area contributed by atoms with Gasteiger partial charge in [-0.05, 0) is 57.1 Å². The van der Waals surface area contributed by atoms with Crippen molar-refractivity contribution in [3.8, 4) is 0 Å². The van der Waals surface area contributed by atoms with Crippen LogP contribution in [-0.4, -0.2) is 57.6 Å². The first kappa shape index (κ1) is 22.9. The van der Waals surface area contributed by atoms with E-state index in [-0.39, 0.29) is 10.9 Å². The molecule has 0 saturated carbocycles. The number of piperidine rings is 1. The van der Waals surface area contributed by atoms with Gasteiger partial charge in [-0.1, -0.05) is 60.7 Å². The van der Waals surface area contributed by atoms with Crippen LogP contribution in [0.5, 0.6) is 0 Å². The predicted octanol–water partition coefficient (Wildman–Crippen LogP) is 5.49. The van der Waals surface area contributed by atoms with E-state index in [1.54, 1.807) is 11.8 Å². The Kier molecular flexibility index (Phi) is 6.82. The summed E-state index contributed by atoms with van der Waals surface area (Å²) in [7, 11) is 0. The molecule has 0 spiro atoms. The number of carbonyl (C=O) groups excluding carboxylic acids is 1. The third kappa shape index (κ3) is 5.01. The van der Waals surface area contributed by atoms with E-state index in [9.17, 15) is 4.79 Å². The van der Waals surface area contributed by atoms with E-state index in [4.69, 9.17) is 4.74 Å². The molecule has 2 aromatic carbocycles. The van der Waals surface area contributed by atoms with E-state index in [1.165, 1.54) is 24.0 Å². The monoisotopic (exact) mass is 464 g/mol. The zero-order chi connectivity index (χ0) is 22.8. The average molecular weight is 465 g/mol. The molecule has 3 fully saturated rings. The maximum Gasteiger partial charge on any atom is 0.238 e. The van der Waals surface area contributed by atoms with Crippen LogP contribution >= 0.6 is 11.8 Å². The number of benzene rings is 2. The van der Waals surface area contributed by atoms with Gasteiger partial charge in [0.25, 0.3) is 0 Å². The van der Waals surface area contributed by atoms with Crippen molar-refractivity contribution in [2.75, 3.05) is 19.0 Å². The molecule has 2 bridgehead atoms. The number of amides is 1. The maximum absolute atomic E-state index is 12.5. The van der Waals surface area contributed by atoms with E-state index in [0.717, 1.165) is 38.2 Å². The Bertz CT molecular complexity index is 882. The molecule has 3 heterocycles. The van der Waals surface area contributed by atoms with Gasteiger partial charge in [-0.15, -0.1) is 11.8 Å². The summed E-state index contributed by atoms with van der Waals surface area (Å²) < 4.78 is 6.59. The minimum Gasteiger partial charge on any atom is -0.365 e. The van der Waals surface area contributed by atoms with Crippen LogP contribution in [0.1, 0.15) is 63.2 Å². The van der Waals surface area contributed by atoms with Gasteiger partial charge in [-0.25, -0.2) is 0 Å². The molecule has 2 aromatic rings. The highest BCUT2D eigenvalue weighted by Crippen LogP contribution is 2.40. The van der Waals surface area contributed by atoms with E-state index in [2.05, 4.69) is 65.6 Å². The van der Waals surface area contributed by atoms with E-state index in [1.807, 2.05) is 18.7 Å². The summed E-state index contributed by atoms with van der Waals surface area (Å²) in [6, 6.07) is 22.5. The van der Waals surface area contributed by atoms with Crippen molar-refractivity contribution in [2.45, 2.75) is 75.0 Å². The van der Waals surface area contributed by atoms with Gasteiger partial charge < -0.3 is 9.64 Å². The van der Waals surface area contributed by atoms with Crippen LogP contribution in [0.3, 0.4) is 0 Å². The quantitative estimate of drug-likeness (QED) is 0.517. The van der Waals surface area contributed by atoms with Crippen molar-refractivity contribution < 1.29 is 9.53 Å². The Balaban J connectivity index is 1.19. The molecule has 2 atom stereocenters. The largest absolute Gasteiger partial charge is 0.365 e. The minimum atomic E-state index is -0.247. The summed E-state index contributed by atoms with van der Waals surface area (Å²) in [5.41, 5.74) is 2.46. The second-order valence-electron chi connectivity index (χ2n) is 10.3. The van der Waals surface area contributed by atoms with Gasteiger partial charge in [0.2, 0.25) is 5.91 Å². The van der Waals surface area contributed by atoms with Crippen molar-refractivity contribution in [1.82, 2.24) is 9.80 Å². The van der Waals surface area contributed by atoms with Gasteiger partial charge in [0, 0.05) is 25.2 Å². The molecule has 2 unspecified atom stereocenters. The van der Waals surface area contributed by atoms with Crippen molar-refractivity contribution in [1.29, 1.82) is 0 Å². The van der Waals surface area contributed by atoms with Crippen molar-refractivity contribution in [2.24, 2.45) is 0 Å². The second-order valence-corrected chi connectivity index (χ2v) is 11.8. The van der Waals surface area contributed by atoms with Gasteiger partial charge in [0.05, 0.1) is 16.7 Å².